The van der Waals surface area contributed by atoms with E-state index in [1.165, 1.54) is 5.84 Å². The molecule has 2 heterocycles. The monoisotopic (exact) mass is 307 g/mol. The Labute approximate surface area is 125 Å². The average Bonchev–Trinajstić information content (AvgIpc) is 2.31. The van der Waals surface area contributed by atoms with Gasteiger partial charge in [0.05, 0.1) is 26.0 Å². The molecule has 2 unspecified atom stereocenters. The molecule has 19 heavy (non-hydrogen) atoms. The fraction of sp³-hybridized carbons (Fsp3) is 0.923. The number of alkyl halides is 2. The fourth-order valence-electron chi connectivity index (χ4n) is 2.32. The molecular weight excluding hydrogens is 285 g/mol. The predicted octanol–water partition coefficient (Wildman–Crippen LogP) is 2.35. The first-order valence-corrected chi connectivity index (χ1v) is 8.11. The van der Waals surface area contributed by atoms with Gasteiger partial charge in [0.1, 0.15) is 5.84 Å². The third-order valence-corrected chi connectivity index (χ3v) is 4.38. The van der Waals surface area contributed by atoms with Crippen LogP contribution >= 0.6 is 23.2 Å². The Morgan fingerprint density at radius 2 is 2.11 bits per heavy atom. The molecule has 6 heteroatoms. The molecule has 4 nitrogen and oxygen atoms in total. The van der Waals surface area contributed by atoms with Crippen LogP contribution in [0.3, 0.4) is 0 Å². The predicted molar refractivity (Wildman–Crippen MR) is 80.2 cm³/mol. The first-order valence-electron chi connectivity index (χ1n) is 7.04. The van der Waals surface area contributed by atoms with E-state index < -0.39 is 0 Å². The molecule has 0 saturated carbocycles. The summed E-state index contributed by atoms with van der Waals surface area (Å²) in [5, 5.41) is 0. The van der Waals surface area contributed by atoms with E-state index in [0.29, 0.717) is 17.8 Å². The zero-order valence-corrected chi connectivity index (χ0v) is 13.0. The van der Waals surface area contributed by atoms with E-state index in [2.05, 4.69) is 21.7 Å². The lowest BCUT2D eigenvalue weighted by Gasteiger charge is -2.49. The molecule has 0 N–H and O–H groups in total. The minimum Gasteiger partial charge on any atom is -0.375 e. The van der Waals surface area contributed by atoms with Gasteiger partial charge in [-0.1, -0.05) is 6.92 Å². The number of aliphatic imine (C=N–C) groups is 1. The zero-order valence-electron chi connectivity index (χ0n) is 11.5. The van der Waals surface area contributed by atoms with E-state index in [9.17, 15) is 0 Å². The van der Waals surface area contributed by atoms with Crippen molar-refractivity contribution >= 4 is 29.0 Å². The Morgan fingerprint density at radius 3 is 2.58 bits per heavy atom. The largest absolute Gasteiger partial charge is 0.375 e. The highest BCUT2D eigenvalue weighted by molar-refractivity contribution is 6.19. The number of ether oxygens (including phenoxy) is 1. The fourth-order valence-corrected chi connectivity index (χ4v) is 2.80. The van der Waals surface area contributed by atoms with Crippen LogP contribution < -0.4 is 0 Å². The molecule has 0 aromatic rings. The van der Waals surface area contributed by atoms with Crippen LogP contribution in [0.2, 0.25) is 0 Å². The Kier molecular flexibility index (Phi) is 6.20. The second kappa shape index (κ2) is 7.67. The molecule has 2 rings (SSSR count). The molecule has 110 valence electrons. The van der Waals surface area contributed by atoms with Crippen LogP contribution in [0.25, 0.3) is 0 Å². The molecule has 0 amide bonds. The van der Waals surface area contributed by atoms with E-state index in [0.717, 1.165) is 45.8 Å². The highest BCUT2D eigenvalue weighted by Gasteiger charge is 2.33. The molecule has 0 aliphatic carbocycles. The topological polar surface area (TPSA) is 28.1 Å². The first kappa shape index (κ1) is 15.4. The Balaban J connectivity index is 1.69. The highest BCUT2D eigenvalue weighted by atomic mass is 35.5. The minimum atomic E-state index is 0.0848. The molecule has 2 atom stereocenters. The number of rotatable bonds is 8. The van der Waals surface area contributed by atoms with Gasteiger partial charge in [0.2, 0.25) is 0 Å². The van der Waals surface area contributed by atoms with Gasteiger partial charge >= 0.3 is 0 Å². The number of nitrogens with zero attached hydrogens (tertiary/aromatic N) is 3. The van der Waals surface area contributed by atoms with Crippen molar-refractivity contribution in [2.24, 2.45) is 4.99 Å². The molecule has 0 bridgehead atoms. The van der Waals surface area contributed by atoms with Crippen LogP contribution in [0.4, 0.5) is 0 Å². The molecule has 1 fully saturated rings. The minimum absolute atomic E-state index is 0.0848. The van der Waals surface area contributed by atoms with Gasteiger partial charge in [-0.25, -0.2) is 0 Å². The summed E-state index contributed by atoms with van der Waals surface area (Å²) in [5.41, 5.74) is 0. The van der Waals surface area contributed by atoms with Crippen molar-refractivity contribution in [1.29, 1.82) is 0 Å². The SMILES string of the molecule is CCC(COC(CCl)CCCl)N1CN(C2=NCC2)C1. The van der Waals surface area contributed by atoms with Crippen LogP contribution in [0, 0.1) is 0 Å². The van der Waals surface area contributed by atoms with Gasteiger partial charge in [-0.2, -0.15) is 0 Å². The third-order valence-electron chi connectivity index (χ3n) is 3.81. The lowest BCUT2D eigenvalue weighted by molar-refractivity contribution is -0.0588. The zero-order chi connectivity index (χ0) is 13.7. The molecule has 0 radical (unpaired) electrons. The molecule has 2 aliphatic rings. The molecule has 0 aromatic heterocycles. The van der Waals surface area contributed by atoms with Gasteiger partial charge in [0, 0.05) is 30.8 Å². The second-order valence-electron chi connectivity index (χ2n) is 5.11. The van der Waals surface area contributed by atoms with Crippen LogP contribution in [0.5, 0.6) is 0 Å². The Morgan fingerprint density at radius 1 is 1.37 bits per heavy atom. The molecule has 2 aliphatic heterocycles. The maximum Gasteiger partial charge on any atom is 0.103 e. The van der Waals surface area contributed by atoms with Gasteiger partial charge in [0.25, 0.3) is 0 Å². The number of hydrogen-bond acceptors (Lipinski definition) is 4. The quantitative estimate of drug-likeness (QED) is 0.644. The van der Waals surface area contributed by atoms with E-state index in [1.54, 1.807) is 0 Å². The smallest absolute Gasteiger partial charge is 0.103 e. The van der Waals surface area contributed by atoms with Crippen molar-refractivity contribution in [3.8, 4) is 0 Å². The lowest BCUT2D eigenvalue weighted by Crippen LogP contribution is -2.62. The summed E-state index contributed by atoms with van der Waals surface area (Å²) in [4.78, 5) is 9.15. The molecule has 1 saturated heterocycles. The number of halogens is 2. The van der Waals surface area contributed by atoms with Crippen molar-refractivity contribution in [3.05, 3.63) is 0 Å². The van der Waals surface area contributed by atoms with Crippen LogP contribution in [0.1, 0.15) is 26.2 Å². The Bertz CT molecular complexity index is 308. The second-order valence-corrected chi connectivity index (χ2v) is 5.80. The molecule has 0 aromatic carbocycles. The first-order chi connectivity index (χ1) is 9.28. The van der Waals surface area contributed by atoms with Gasteiger partial charge in [-0.3, -0.25) is 9.89 Å². The van der Waals surface area contributed by atoms with Crippen molar-refractivity contribution < 1.29 is 4.74 Å². The van der Waals surface area contributed by atoms with Gasteiger partial charge in [0.15, 0.2) is 0 Å². The van der Waals surface area contributed by atoms with Gasteiger partial charge in [-0.15, -0.1) is 23.2 Å². The van der Waals surface area contributed by atoms with Crippen molar-refractivity contribution in [2.75, 3.05) is 38.2 Å². The maximum atomic E-state index is 5.87. The lowest BCUT2D eigenvalue weighted by atomic mass is 10.1. The number of hydrogen-bond donors (Lipinski definition) is 0. The number of amidine groups is 1. The van der Waals surface area contributed by atoms with E-state index in [-0.39, 0.29) is 6.10 Å². The van der Waals surface area contributed by atoms with Crippen molar-refractivity contribution in [1.82, 2.24) is 9.80 Å². The standard InChI is InChI=1S/C13H23Cl2N3O/c1-2-11(8-19-12(7-15)3-5-14)17-9-18(10-17)13-4-6-16-13/h11-12H,2-10H2,1H3. The van der Waals surface area contributed by atoms with Gasteiger partial charge < -0.3 is 9.64 Å². The molecule has 0 spiro atoms. The van der Waals surface area contributed by atoms with Crippen LogP contribution in [-0.4, -0.2) is 66.0 Å². The summed E-state index contributed by atoms with van der Waals surface area (Å²) in [5.74, 6) is 2.39. The summed E-state index contributed by atoms with van der Waals surface area (Å²) in [6.07, 6.45) is 3.15. The van der Waals surface area contributed by atoms with E-state index >= 15 is 0 Å². The average molecular weight is 308 g/mol. The van der Waals surface area contributed by atoms with Crippen molar-refractivity contribution in [2.45, 2.75) is 38.3 Å². The van der Waals surface area contributed by atoms with E-state index in [1.807, 2.05) is 0 Å². The summed E-state index contributed by atoms with van der Waals surface area (Å²) in [6, 6.07) is 0.470. The summed E-state index contributed by atoms with van der Waals surface area (Å²) in [7, 11) is 0. The summed E-state index contributed by atoms with van der Waals surface area (Å²) >= 11 is 11.6. The van der Waals surface area contributed by atoms with Gasteiger partial charge in [-0.05, 0) is 12.8 Å². The normalized spacial score (nSPS) is 22.5. The third kappa shape index (κ3) is 3.97. The van der Waals surface area contributed by atoms with Crippen LogP contribution in [0.15, 0.2) is 4.99 Å². The molecular formula is C13H23Cl2N3O. The maximum absolute atomic E-state index is 5.87. The summed E-state index contributed by atoms with van der Waals surface area (Å²) in [6.45, 7) is 5.92. The highest BCUT2D eigenvalue weighted by Crippen LogP contribution is 2.20. The van der Waals surface area contributed by atoms with Crippen molar-refractivity contribution in [3.63, 3.8) is 0 Å². The van der Waals surface area contributed by atoms with Crippen LogP contribution in [-0.2, 0) is 4.74 Å². The summed E-state index contributed by atoms with van der Waals surface area (Å²) < 4.78 is 5.87. The Hall–Kier alpha value is -0.0300. The van der Waals surface area contributed by atoms with E-state index in [4.69, 9.17) is 27.9 Å².